The molecule has 0 spiro atoms. The van der Waals surface area contributed by atoms with E-state index >= 15 is 0 Å². The van der Waals surface area contributed by atoms with Crippen molar-refractivity contribution in [3.05, 3.63) is 0 Å². The predicted molar refractivity (Wildman–Crippen MR) is 49.5 cm³/mol. The van der Waals surface area contributed by atoms with E-state index in [-0.39, 0.29) is 0 Å². The van der Waals surface area contributed by atoms with E-state index in [2.05, 4.69) is 32.5 Å². The molecule has 10 heavy (non-hydrogen) atoms. The quantitative estimate of drug-likeness (QED) is 0.595. The molecule has 0 aromatic rings. The highest BCUT2D eigenvalue weighted by Gasteiger charge is 2.25. The molecule has 1 aliphatic heterocycles. The molecule has 0 aromatic heterocycles. The lowest BCUT2D eigenvalue weighted by Gasteiger charge is -2.15. The number of rotatable bonds is 2. The van der Waals surface area contributed by atoms with E-state index in [0.717, 1.165) is 17.1 Å². The molecule has 0 saturated carbocycles. The van der Waals surface area contributed by atoms with Crippen molar-refractivity contribution < 1.29 is 0 Å². The fourth-order valence-corrected chi connectivity index (χ4v) is 3.18. The zero-order valence-corrected chi connectivity index (χ0v) is 8.08. The second kappa shape index (κ2) is 3.66. The molecular weight excluding hydrogens is 140 g/mol. The van der Waals surface area contributed by atoms with Crippen LogP contribution in [-0.4, -0.2) is 11.0 Å². The van der Waals surface area contributed by atoms with Gasteiger partial charge in [-0.25, -0.2) is 0 Å². The van der Waals surface area contributed by atoms with Gasteiger partial charge in [-0.05, 0) is 24.0 Å². The maximum absolute atomic E-state index is 2.38. The summed E-state index contributed by atoms with van der Waals surface area (Å²) in [6.45, 7) is 7.05. The van der Waals surface area contributed by atoms with Crippen molar-refractivity contribution >= 4 is 11.8 Å². The van der Waals surface area contributed by atoms with Gasteiger partial charge in [0.2, 0.25) is 0 Å². The standard InChI is InChI=1S/C9H18S/c1-4-8(3)9-5-7(2)6-10-9/h7-9H,4-6H2,1-3H3. The van der Waals surface area contributed by atoms with Crippen LogP contribution >= 0.6 is 11.8 Å². The molecule has 0 radical (unpaired) electrons. The van der Waals surface area contributed by atoms with Gasteiger partial charge >= 0.3 is 0 Å². The summed E-state index contributed by atoms with van der Waals surface area (Å²) in [7, 11) is 0. The van der Waals surface area contributed by atoms with E-state index in [1.807, 2.05) is 0 Å². The SMILES string of the molecule is CCC(C)C1CC(C)CS1. The lowest BCUT2D eigenvalue weighted by molar-refractivity contribution is 0.480. The largest absolute Gasteiger partial charge is 0.158 e. The molecule has 3 atom stereocenters. The average Bonchev–Trinajstić information content (AvgIpc) is 2.34. The summed E-state index contributed by atoms with van der Waals surface area (Å²) in [5.41, 5.74) is 0. The van der Waals surface area contributed by atoms with Crippen molar-refractivity contribution in [2.24, 2.45) is 11.8 Å². The zero-order valence-electron chi connectivity index (χ0n) is 7.26. The van der Waals surface area contributed by atoms with Crippen LogP contribution in [-0.2, 0) is 0 Å². The average molecular weight is 158 g/mol. The number of hydrogen-bond donors (Lipinski definition) is 0. The Morgan fingerprint density at radius 1 is 1.60 bits per heavy atom. The van der Waals surface area contributed by atoms with Crippen molar-refractivity contribution in [2.75, 3.05) is 5.75 Å². The molecule has 0 nitrogen and oxygen atoms in total. The topological polar surface area (TPSA) is 0 Å². The van der Waals surface area contributed by atoms with Crippen molar-refractivity contribution in [2.45, 2.75) is 38.9 Å². The van der Waals surface area contributed by atoms with Gasteiger partial charge in [-0.1, -0.05) is 27.2 Å². The van der Waals surface area contributed by atoms with Crippen LogP contribution in [0.1, 0.15) is 33.6 Å². The molecule has 0 N–H and O–H groups in total. The van der Waals surface area contributed by atoms with Crippen molar-refractivity contribution in [1.82, 2.24) is 0 Å². The fraction of sp³-hybridized carbons (Fsp3) is 1.00. The molecule has 1 fully saturated rings. The summed E-state index contributed by atoms with van der Waals surface area (Å²) in [6, 6.07) is 0. The van der Waals surface area contributed by atoms with Crippen LogP contribution in [0, 0.1) is 11.8 Å². The molecule has 1 aliphatic rings. The van der Waals surface area contributed by atoms with Gasteiger partial charge < -0.3 is 0 Å². The Hall–Kier alpha value is 0.350. The van der Waals surface area contributed by atoms with Crippen molar-refractivity contribution in [3.8, 4) is 0 Å². The van der Waals surface area contributed by atoms with Gasteiger partial charge in [-0.2, -0.15) is 11.8 Å². The summed E-state index contributed by atoms with van der Waals surface area (Å²) < 4.78 is 0. The summed E-state index contributed by atoms with van der Waals surface area (Å²) in [5.74, 6) is 3.31. The van der Waals surface area contributed by atoms with Gasteiger partial charge in [-0.15, -0.1) is 0 Å². The molecule has 3 unspecified atom stereocenters. The van der Waals surface area contributed by atoms with Gasteiger partial charge in [-0.3, -0.25) is 0 Å². The Morgan fingerprint density at radius 2 is 2.30 bits per heavy atom. The highest BCUT2D eigenvalue weighted by atomic mass is 32.2. The van der Waals surface area contributed by atoms with Crippen LogP contribution in [0.5, 0.6) is 0 Å². The van der Waals surface area contributed by atoms with E-state index < -0.39 is 0 Å². The maximum atomic E-state index is 2.38. The highest BCUT2D eigenvalue weighted by molar-refractivity contribution is 8.00. The van der Waals surface area contributed by atoms with E-state index in [0.29, 0.717) is 0 Å². The summed E-state index contributed by atoms with van der Waals surface area (Å²) in [6.07, 6.45) is 2.81. The third kappa shape index (κ3) is 1.91. The van der Waals surface area contributed by atoms with Gasteiger partial charge in [0.1, 0.15) is 0 Å². The predicted octanol–water partition coefficient (Wildman–Crippen LogP) is 3.17. The molecular formula is C9H18S. The lowest BCUT2D eigenvalue weighted by Crippen LogP contribution is -2.10. The molecule has 0 aliphatic carbocycles. The minimum atomic E-state index is 0.940. The number of thioether (sulfide) groups is 1. The Labute approximate surface area is 68.8 Å². The van der Waals surface area contributed by atoms with Gasteiger partial charge in [0, 0.05) is 5.25 Å². The molecule has 0 amide bonds. The van der Waals surface area contributed by atoms with Crippen LogP contribution in [0.4, 0.5) is 0 Å². The Morgan fingerprint density at radius 3 is 2.70 bits per heavy atom. The van der Waals surface area contributed by atoms with Crippen LogP contribution in [0.3, 0.4) is 0 Å². The van der Waals surface area contributed by atoms with Crippen LogP contribution in [0.15, 0.2) is 0 Å². The first kappa shape index (κ1) is 8.45. The first-order valence-corrected chi connectivity index (χ1v) is 5.40. The summed E-state index contributed by atoms with van der Waals surface area (Å²) in [4.78, 5) is 0. The van der Waals surface area contributed by atoms with Gasteiger partial charge in [0.15, 0.2) is 0 Å². The maximum Gasteiger partial charge on any atom is 0.00755 e. The van der Waals surface area contributed by atoms with Gasteiger partial charge in [0.05, 0.1) is 0 Å². The van der Waals surface area contributed by atoms with E-state index in [1.165, 1.54) is 18.6 Å². The fourth-order valence-electron chi connectivity index (χ4n) is 1.48. The molecule has 1 rings (SSSR count). The zero-order chi connectivity index (χ0) is 7.56. The lowest BCUT2D eigenvalue weighted by atomic mass is 9.97. The van der Waals surface area contributed by atoms with Crippen molar-refractivity contribution in [3.63, 3.8) is 0 Å². The Bertz CT molecular complexity index is 101. The van der Waals surface area contributed by atoms with Crippen molar-refractivity contribution in [1.29, 1.82) is 0 Å². The first-order chi connectivity index (χ1) is 4.74. The van der Waals surface area contributed by atoms with E-state index in [9.17, 15) is 0 Å². The minimum Gasteiger partial charge on any atom is -0.158 e. The second-order valence-corrected chi connectivity index (χ2v) is 4.87. The normalized spacial score (nSPS) is 36.3. The smallest absolute Gasteiger partial charge is 0.00755 e. The number of hydrogen-bond acceptors (Lipinski definition) is 1. The summed E-state index contributed by atoms with van der Waals surface area (Å²) >= 11 is 2.18. The van der Waals surface area contributed by atoms with Crippen LogP contribution in [0.25, 0.3) is 0 Å². The molecule has 1 heterocycles. The Balaban J connectivity index is 2.29. The third-order valence-electron chi connectivity index (χ3n) is 2.51. The molecule has 60 valence electrons. The van der Waals surface area contributed by atoms with Gasteiger partial charge in [0.25, 0.3) is 0 Å². The summed E-state index contributed by atoms with van der Waals surface area (Å²) in [5, 5.41) is 0.972. The second-order valence-electron chi connectivity index (χ2n) is 3.60. The monoisotopic (exact) mass is 158 g/mol. The first-order valence-electron chi connectivity index (χ1n) is 4.35. The Kier molecular flexibility index (Phi) is 3.09. The molecule has 0 aromatic carbocycles. The van der Waals surface area contributed by atoms with E-state index in [4.69, 9.17) is 0 Å². The molecule has 1 saturated heterocycles. The minimum absolute atomic E-state index is 0.940. The van der Waals surface area contributed by atoms with E-state index in [1.54, 1.807) is 0 Å². The molecule has 0 bridgehead atoms. The third-order valence-corrected chi connectivity index (χ3v) is 4.35. The highest BCUT2D eigenvalue weighted by Crippen LogP contribution is 2.36. The van der Waals surface area contributed by atoms with Crippen LogP contribution in [0.2, 0.25) is 0 Å². The molecule has 1 heteroatoms. The van der Waals surface area contributed by atoms with Crippen LogP contribution < -0.4 is 0 Å².